The average molecular weight is 218 g/mol. The summed E-state index contributed by atoms with van der Waals surface area (Å²) < 4.78 is 0. The van der Waals surface area contributed by atoms with Gasteiger partial charge in [-0.25, -0.2) is 0 Å². The molecule has 0 amide bonds. The highest BCUT2D eigenvalue weighted by molar-refractivity contribution is 6.01. The van der Waals surface area contributed by atoms with E-state index in [1.807, 2.05) is 37.3 Å². The topological polar surface area (TPSA) is 34.1 Å². The first-order chi connectivity index (χ1) is 7.57. The summed E-state index contributed by atoms with van der Waals surface area (Å²) in [6.45, 7) is 5.01. The van der Waals surface area contributed by atoms with Gasteiger partial charge in [-0.15, -0.1) is 0 Å². The first-order valence-electron chi connectivity index (χ1n) is 5.63. The minimum atomic E-state index is -0.493. The second-order valence-corrected chi connectivity index (χ2v) is 4.12. The molecule has 0 N–H and O–H groups in total. The molecule has 1 aromatic rings. The summed E-state index contributed by atoms with van der Waals surface area (Å²) in [5.74, 6) is -0.560. The summed E-state index contributed by atoms with van der Waals surface area (Å²) in [6.07, 6.45) is 0.799. The molecule has 1 unspecified atom stereocenters. The van der Waals surface area contributed by atoms with E-state index in [4.69, 9.17) is 0 Å². The minimum absolute atomic E-state index is 0.0104. The van der Waals surface area contributed by atoms with E-state index in [9.17, 15) is 9.59 Å². The van der Waals surface area contributed by atoms with E-state index < -0.39 is 5.92 Å². The number of carbonyl (C=O) groups excluding carboxylic acids is 2. The van der Waals surface area contributed by atoms with Crippen LogP contribution in [0.4, 0.5) is 0 Å². The Bertz CT molecular complexity index is 354. The van der Waals surface area contributed by atoms with Crippen LogP contribution in [-0.2, 0) is 9.59 Å². The van der Waals surface area contributed by atoms with Crippen LogP contribution in [0.1, 0.15) is 38.7 Å². The van der Waals surface area contributed by atoms with Crippen molar-refractivity contribution in [2.45, 2.75) is 33.1 Å². The lowest BCUT2D eigenvalue weighted by Gasteiger charge is -2.22. The van der Waals surface area contributed by atoms with Crippen LogP contribution in [-0.4, -0.2) is 11.6 Å². The number of carbonyl (C=O) groups is 2. The van der Waals surface area contributed by atoms with Crippen LogP contribution in [0.2, 0.25) is 0 Å². The summed E-state index contributed by atoms with van der Waals surface area (Å²) in [4.78, 5) is 23.1. The molecule has 16 heavy (non-hydrogen) atoms. The van der Waals surface area contributed by atoms with Crippen LogP contribution in [0, 0.1) is 5.92 Å². The van der Waals surface area contributed by atoms with E-state index in [-0.39, 0.29) is 17.5 Å². The minimum Gasteiger partial charge on any atom is -0.299 e. The molecule has 0 bridgehead atoms. The normalized spacial score (nSPS) is 12.5. The molecule has 1 atom stereocenters. The van der Waals surface area contributed by atoms with Crippen LogP contribution >= 0.6 is 0 Å². The van der Waals surface area contributed by atoms with E-state index in [1.54, 1.807) is 0 Å². The van der Waals surface area contributed by atoms with Gasteiger partial charge in [0.1, 0.15) is 11.6 Å². The molecule has 86 valence electrons. The van der Waals surface area contributed by atoms with Crippen molar-refractivity contribution in [1.82, 2.24) is 0 Å². The van der Waals surface area contributed by atoms with Gasteiger partial charge in [-0.05, 0) is 25.8 Å². The molecule has 0 saturated heterocycles. The lowest BCUT2D eigenvalue weighted by Crippen LogP contribution is -2.26. The van der Waals surface area contributed by atoms with Crippen molar-refractivity contribution in [3.63, 3.8) is 0 Å². The molecule has 0 radical (unpaired) electrons. The van der Waals surface area contributed by atoms with Gasteiger partial charge in [0.25, 0.3) is 0 Å². The number of hydrogen-bond acceptors (Lipinski definition) is 2. The van der Waals surface area contributed by atoms with Crippen LogP contribution < -0.4 is 0 Å². The van der Waals surface area contributed by atoms with Gasteiger partial charge in [-0.3, -0.25) is 9.59 Å². The highest BCUT2D eigenvalue weighted by Gasteiger charge is 2.29. The molecule has 0 spiro atoms. The number of hydrogen-bond donors (Lipinski definition) is 0. The zero-order valence-corrected chi connectivity index (χ0v) is 10.1. The number of ketones is 2. The molecule has 2 nitrogen and oxygen atoms in total. The van der Waals surface area contributed by atoms with Gasteiger partial charge in [-0.1, -0.05) is 37.3 Å². The van der Waals surface area contributed by atoms with Crippen LogP contribution in [0.5, 0.6) is 0 Å². The second kappa shape index (κ2) is 5.59. The lowest BCUT2D eigenvalue weighted by atomic mass is 9.80. The van der Waals surface area contributed by atoms with Gasteiger partial charge in [0.05, 0.1) is 5.92 Å². The summed E-state index contributed by atoms with van der Waals surface area (Å²) >= 11 is 0. The number of benzene rings is 1. The Morgan fingerprint density at radius 3 is 1.94 bits per heavy atom. The van der Waals surface area contributed by atoms with Crippen molar-refractivity contribution in [2.75, 3.05) is 0 Å². The second-order valence-electron chi connectivity index (χ2n) is 4.12. The van der Waals surface area contributed by atoms with Crippen molar-refractivity contribution in [3.05, 3.63) is 35.9 Å². The Morgan fingerprint density at radius 2 is 1.56 bits per heavy atom. The van der Waals surface area contributed by atoms with Crippen molar-refractivity contribution in [2.24, 2.45) is 5.92 Å². The zero-order valence-electron chi connectivity index (χ0n) is 10.1. The first kappa shape index (κ1) is 12.6. The Balaban J connectivity index is 3.05. The monoisotopic (exact) mass is 218 g/mol. The fraction of sp³-hybridized carbons (Fsp3) is 0.429. The maximum Gasteiger partial charge on any atom is 0.140 e. The number of rotatable bonds is 5. The maximum atomic E-state index is 11.5. The fourth-order valence-corrected chi connectivity index (χ4v) is 2.22. The van der Waals surface area contributed by atoms with Gasteiger partial charge in [0.2, 0.25) is 0 Å². The quantitative estimate of drug-likeness (QED) is 0.712. The Kier molecular flexibility index (Phi) is 4.41. The highest BCUT2D eigenvalue weighted by Crippen LogP contribution is 2.29. The van der Waals surface area contributed by atoms with E-state index in [2.05, 4.69) is 0 Å². The summed E-state index contributed by atoms with van der Waals surface area (Å²) in [7, 11) is 0. The maximum absolute atomic E-state index is 11.5. The molecule has 1 rings (SSSR count). The molecule has 0 aromatic heterocycles. The molecular formula is C14H18O2. The third kappa shape index (κ3) is 2.78. The molecule has 0 aliphatic carbocycles. The van der Waals surface area contributed by atoms with E-state index in [1.165, 1.54) is 13.8 Å². The third-order valence-electron chi connectivity index (χ3n) is 2.95. The predicted octanol–water partition coefficient (Wildman–Crippen LogP) is 2.97. The van der Waals surface area contributed by atoms with Gasteiger partial charge < -0.3 is 0 Å². The van der Waals surface area contributed by atoms with Crippen LogP contribution in [0.3, 0.4) is 0 Å². The van der Waals surface area contributed by atoms with Gasteiger partial charge in [0, 0.05) is 5.92 Å². The first-order valence-corrected chi connectivity index (χ1v) is 5.63. The molecule has 0 heterocycles. The molecule has 0 aliphatic rings. The summed E-state index contributed by atoms with van der Waals surface area (Å²) in [6, 6.07) is 9.78. The van der Waals surface area contributed by atoms with Gasteiger partial charge >= 0.3 is 0 Å². The third-order valence-corrected chi connectivity index (χ3v) is 2.95. The molecule has 0 fully saturated rings. The van der Waals surface area contributed by atoms with Crippen LogP contribution in [0.15, 0.2) is 30.3 Å². The Hall–Kier alpha value is -1.44. The summed E-state index contributed by atoms with van der Waals surface area (Å²) in [5, 5.41) is 0. The molecule has 2 heteroatoms. The fourth-order valence-electron chi connectivity index (χ4n) is 2.22. The van der Waals surface area contributed by atoms with Crippen LogP contribution in [0.25, 0.3) is 0 Å². The van der Waals surface area contributed by atoms with Crippen molar-refractivity contribution < 1.29 is 9.59 Å². The molecule has 0 saturated carbocycles. The van der Waals surface area contributed by atoms with Crippen molar-refractivity contribution in [3.8, 4) is 0 Å². The van der Waals surface area contributed by atoms with E-state index in [0.717, 1.165) is 12.0 Å². The highest BCUT2D eigenvalue weighted by atomic mass is 16.1. The largest absolute Gasteiger partial charge is 0.299 e. The predicted molar refractivity (Wildman–Crippen MR) is 64.3 cm³/mol. The molecule has 1 aromatic carbocycles. The zero-order chi connectivity index (χ0) is 12.1. The Labute approximate surface area is 96.7 Å². The molecule has 0 aliphatic heterocycles. The Morgan fingerprint density at radius 1 is 1.06 bits per heavy atom. The lowest BCUT2D eigenvalue weighted by molar-refractivity contribution is -0.131. The van der Waals surface area contributed by atoms with Crippen molar-refractivity contribution in [1.29, 1.82) is 0 Å². The standard InChI is InChI=1S/C14H18O2/c1-4-13(12-8-6-5-7-9-12)14(10(2)15)11(3)16/h5-9,13-14H,4H2,1-3H3. The number of Topliss-reactive ketones (excluding diaryl/α,β-unsaturated/α-hetero) is 2. The summed E-state index contributed by atoms with van der Waals surface area (Å²) in [5.41, 5.74) is 1.07. The van der Waals surface area contributed by atoms with Gasteiger partial charge in [-0.2, -0.15) is 0 Å². The van der Waals surface area contributed by atoms with E-state index >= 15 is 0 Å². The van der Waals surface area contributed by atoms with Gasteiger partial charge in [0.15, 0.2) is 0 Å². The van der Waals surface area contributed by atoms with E-state index in [0.29, 0.717) is 0 Å². The smallest absolute Gasteiger partial charge is 0.140 e. The molecular weight excluding hydrogens is 200 g/mol. The van der Waals surface area contributed by atoms with Crippen molar-refractivity contribution >= 4 is 11.6 Å². The average Bonchev–Trinajstić information content (AvgIpc) is 2.25. The SMILES string of the molecule is CCC(c1ccccc1)C(C(C)=O)C(C)=O.